The summed E-state index contributed by atoms with van der Waals surface area (Å²) < 4.78 is 0. The van der Waals surface area contributed by atoms with Crippen molar-refractivity contribution in [1.29, 1.82) is 0 Å². The zero-order chi connectivity index (χ0) is 7.28. The molecule has 0 unspecified atom stereocenters. The fourth-order valence-corrected chi connectivity index (χ4v) is 0.743. The van der Waals surface area contributed by atoms with Crippen LogP contribution in [0.3, 0.4) is 0 Å². The van der Waals surface area contributed by atoms with Crippen molar-refractivity contribution in [3.8, 4) is 0 Å². The third-order valence-corrected chi connectivity index (χ3v) is 1.38. The van der Waals surface area contributed by atoms with E-state index < -0.39 is 0 Å². The Morgan fingerprint density at radius 1 is 1.78 bits per heavy atom. The predicted molar refractivity (Wildman–Crippen MR) is 42.4 cm³/mol. The molecule has 0 spiro atoms. The monoisotopic (exact) mass is 146 g/mol. The van der Waals surface area contributed by atoms with Crippen LogP contribution in [-0.4, -0.2) is 30.2 Å². The van der Waals surface area contributed by atoms with E-state index >= 15 is 0 Å². The second kappa shape index (κ2) is 4.34. The number of rotatable bonds is 1. The first-order valence-electron chi connectivity index (χ1n) is 2.28. The Hall–Kier alpha value is -0.550. The van der Waals surface area contributed by atoms with Crippen LogP contribution in [0.15, 0.2) is 10.2 Å². The van der Waals surface area contributed by atoms with Gasteiger partial charge in [-0.25, -0.2) is 5.84 Å². The van der Waals surface area contributed by atoms with Crippen molar-refractivity contribution in [1.82, 2.24) is 5.01 Å². The smallest absolute Gasteiger partial charge is 0.199 e. The van der Waals surface area contributed by atoms with Crippen LogP contribution in [0.1, 0.15) is 0 Å². The van der Waals surface area contributed by atoms with Gasteiger partial charge in [0.25, 0.3) is 0 Å². The minimum atomic E-state index is 0.644. The van der Waals surface area contributed by atoms with Crippen molar-refractivity contribution in [3.05, 3.63) is 0 Å². The molecule has 0 amide bonds. The standard InChI is InChI=1S/C4H10N4S/c1-6-7-4(9-3)8(2)5/h1,5H2,2-3H3/b7-4+. The molecule has 0 aromatic rings. The fraction of sp³-hybridized carbons (Fsp3) is 0.500. The Labute approximate surface area is 58.8 Å². The highest BCUT2D eigenvalue weighted by atomic mass is 32.2. The quantitative estimate of drug-likeness (QED) is 0.247. The van der Waals surface area contributed by atoms with Gasteiger partial charge >= 0.3 is 0 Å². The van der Waals surface area contributed by atoms with Gasteiger partial charge in [0.05, 0.1) is 0 Å². The van der Waals surface area contributed by atoms with E-state index in [0.717, 1.165) is 0 Å². The van der Waals surface area contributed by atoms with Crippen molar-refractivity contribution in [2.75, 3.05) is 13.3 Å². The lowest BCUT2D eigenvalue weighted by atomic mass is 11.1. The number of amidine groups is 1. The van der Waals surface area contributed by atoms with Crippen molar-refractivity contribution >= 4 is 23.6 Å². The Morgan fingerprint density at radius 3 is 2.44 bits per heavy atom. The molecule has 0 aromatic heterocycles. The lowest BCUT2D eigenvalue weighted by molar-refractivity contribution is 0.548. The molecular weight excluding hydrogens is 136 g/mol. The highest BCUT2D eigenvalue weighted by molar-refractivity contribution is 8.13. The molecule has 0 aromatic carbocycles. The molecule has 0 saturated carbocycles. The van der Waals surface area contributed by atoms with E-state index in [0.29, 0.717) is 5.17 Å². The first-order valence-corrected chi connectivity index (χ1v) is 3.51. The molecule has 0 aliphatic heterocycles. The van der Waals surface area contributed by atoms with Crippen molar-refractivity contribution in [2.45, 2.75) is 0 Å². The second-order valence-corrected chi connectivity index (χ2v) is 2.11. The molecular formula is C4H10N4S. The SMILES string of the molecule is C=N/N=C(/SC)N(C)N. The first-order chi connectivity index (χ1) is 4.22. The molecule has 0 aliphatic rings. The average molecular weight is 146 g/mol. The summed E-state index contributed by atoms with van der Waals surface area (Å²) in [5, 5.41) is 8.99. The minimum Gasteiger partial charge on any atom is -0.291 e. The molecule has 4 nitrogen and oxygen atoms in total. The summed E-state index contributed by atoms with van der Waals surface area (Å²) in [4.78, 5) is 0. The van der Waals surface area contributed by atoms with Crippen LogP contribution in [0, 0.1) is 0 Å². The van der Waals surface area contributed by atoms with Gasteiger partial charge in [-0.05, 0) is 6.26 Å². The number of hydrogen-bond acceptors (Lipinski definition) is 4. The Morgan fingerprint density at radius 2 is 2.33 bits per heavy atom. The molecule has 5 heteroatoms. The summed E-state index contributed by atoms with van der Waals surface area (Å²) >= 11 is 1.42. The van der Waals surface area contributed by atoms with Gasteiger partial charge in [0, 0.05) is 13.8 Å². The van der Waals surface area contributed by atoms with Crippen LogP contribution in [0.2, 0.25) is 0 Å². The summed E-state index contributed by atoms with van der Waals surface area (Å²) in [7, 11) is 1.69. The van der Waals surface area contributed by atoms with Gasteiger partial charge in [-0.1, -0.05) is 11.8 Å². The van der Waals surface area contributed by atoms with Crippen molar-refractivity contribution < 1.29 is 0 Å². The summed E-state index contributed by atoms with van der Waals surface area (Å²) in [5.41, 5.74) is 0. The van der Waals surface area contributed by atoms with Gasteiger partial charge in [-0.15, -0.1) is 5.10 Å². The van der Waals surface area contributed by atoms with Gasteiger partial charge in [0.1, 0.15) is 0 Å². The maximum atomic E-state index is 5.33. The highest BCUT2D eigenvalue weighted by Crippen LogP contribution is 1.98. The summed E-state index contributed by atoms with van der Waals surface area (Å²) in [6.45, 7) is 3.20. The number of nitrogens with zero attached hydrogens (tertiary/aromatic N) is 3. The number of nitrogens with two attached hydrogens (primary N) is 1. The van der Waals surface area contributed by atoms with Crippen LogP contribution in [0.4, 0.5) is 0 Å². The zero-order valence-electron chi connectivity index (χ0n) is 5.53. The maximum Gasteiger partial charge on any atom is 0.199 e. The van der Waals surface area contributed by atoms with E-state index in [1.54, 1.807) is 7.05 Å². The predicted octanol–water partition coefficient (Wildman–Crippen LogP) is 0.127. The van der Waals surface area contributed by atoms with E-state index in [1.807, 2.05) is 6.26 Å². The lowest BCUT2D eigenvalue weighted by Crippen LogP contribution is -2.30. The summed E-state index contributed by atoms with van der Waals surface area (Å²) in [6.07, 6.45) is 1.87. The molecule has 0 radical (unpaired) electrons. The van der Waals surface area contributed by atoms with Gasteiger partial charge in [-0.3, -0.25) is 5.01 Å². The Balaban J connectivity index is 3.96. The third kappa shape index (κ3) is 3.10. The largest absolute Gasteiger partial charge is 0.291 e. The second-order valence-electron chi connectivity index (χ2n) is 1.34. The van der Waals surface area contributed by atoms with Crippen LogP contribution in [-0.2, 0) is 0 Å². The number of hydrogen-bond donors (Lipinski definition) is 1. The lowest BCUT2D eigenvalue weighted by Gasteiger charge is -2.09. The maximum absolute atomic E-state index is 5.33. The highest BCUT2D eigenvalue weighted by Gasteiger charge is 1.96. The van der Waals surface area contributed by atoms with E-state index in [1.165, 1.54) is 16.8 Å². The summed E-state index contributed by atoms with van der Waals surface area (Å²) in [5.74, 6) is 5.33. The van der Waals surface area contributed by atoms with Gasteiger partial charge < -0.3 is 0 Å². The van der Waals surface area contributed by atoms with E-state index in [2.05, 4.69) is 16.9 Å². The topological polar surface area (TPSA) is 54.0 Å². The van der Waals surface area contributed by atoms with Crippen LogP contribution in [0.25, 0.3) is 0 Å². The van der Waals surface area contributed by atoms with Crippen LogP contribution in [0.5, 0.6) is 0 Å². The average Bonchev–Trinajstić information content (AvgIpc) is 1.82. The van der Waals surface area contributed by atoms with E-state index in [9.17, 15) is 0 Å². The normalized spacial score (nSPS) is 11.2. The van der Waals surface area contributed by atoms with Gasteiger partial charge in [0.15, 0.2) is 5.17 Å². The van der Waals surface area contributed by atoms with Crippen LogP contribution < -0.4 is 5.84 Å². The molecule has 0 aliphatic carbocycles. The molecule has 0 fully saturated rings. The van der Waals surface area contributed by atoms with Crippen LogP contribution >= 0.6 is 11.8 Å². The molecule has 0 heterocycles. The van der Waals surface area contributed by atoms with Gasteiger partial charge in [-0.2, -0.15) is 5.10 Å². The first kappa shape index (κ1) is 8.45. The van der Waals surface area contributed by atoms with E-state index in [4.69, 9.17) is 5.84 Å². The number of hydrazine groups is 1. The molecule has 0 bridgehead atoms. The zero-order valence-corrected chi connectivity index (χ0v) is 6.35. The molecule has 52 valence electrons. The number of thioether (sulfide) groups is 1. The molecule has 0 saturated heterocycles. The fourth-order valence-electron chi connectivity index (χ4n) is 0.316. The molecule has 0 atom stereocenters. The summed E-state index contributed by atoms with van der Waals surface area (Å²) in [6, 6.07) is 0. The molecule has 0 rings (SSSR count). The van der Waals surface area contributed by atoms with Crippen molar-refractivity contribution in [2.24, 2.45) is 16.0 Å². The third-order valence-electron chi connectivity index (χ3n) is 0.641. The van der Waals surface area contributed by atoms with Gasteiger partial charge in [0.2, 0.25) is 0 Å². The minimum absolute atomic E-state index is 0.644. The molecule has 2 N–H and O–H groups in total. The van der Waals surface area contributed by atoms with E-state index in [-0.39, 0.29) is 0 Å². The van der Waals surface area contributed by atoms with Crippen molar-refractivity contribution in [3.63, 3.8) is 0 Å². The molecule has 9 heavy (non-hydrogen) atoms. The Bertz CT molecular complexity index is 120. The Kier molecular flexibility index (Phi) is 4.08.